The molecule has 0 rings (SSSR count). The van der Waals surface area contributed by atoms with Crippen molar-refractivity contribution < 1.29 is 19.4 Å². The molecule has 0 aliphatic carbocycles. The number of hydrogen-bond acceptors (Lipinski definition) is 3. The average Bonchev–Trinajstić information content (AvgIpc) is 2.83. The maximum atomic E-state index is 12.4. The largest absolute Gasteiger partial charge is 0.481 e. The Kier molecular flexibility index (Phi) is 25.4. The summed E-state index contributed by atoms with van der Waals surface area (Å²) in [5.74, 6) is -0.825. The van der Waals surface area contributed by atoms with Crippen molar-refractivity contribution in [3.63, 3.8) is 0 Å². The minimum Gasteiger partial charge on any atom is -0.481 e. The van der Waals surface area contributed by atoms with Crippen LogP contribution in [0.25, 0.3) is 0 Å². The monoisotopic (exact) mass is 490 g/mol. The fourth-order valence-corrected chi connectivity index (χ4v) is 3.90. The Balaban J connectivity index is 4.21. The topological polar surface area (TPSA) is 63.6 Å². The van der Waals surface area contributed by atoms with Crippen LogP contribution < -0.4 is 0 Å². The predicted molar refractivity (Wildman–Crippen MR) is 149 cm³/mol. The van der Waals surface area contributed by atoms with Crippen molar-refractivity contribution in [3.8, 4) is 0 Å². The molecule has 0 bridgehead atoms. The van der Waals surface area contributed by atoms with E-state index in [1.54, 1.807) is 0 Å². The van der Waals surface area contributed by atoms with E-state index in [0.717, 1.165) is 51.4 Å². The number of carbonyl (C=O) groups excluding carboxylic acids is 1. The summed E-state index contributed by atoms with van der Waals surface area (Å²) in [5.41, 5.74) is 0. The number of unbranched alkanes of at least 4 members (excludes halogenated alkanes) is 12. The van der Waals surface area contributed by atoms with E-state index in [1.807, 2.05) is 6.08 Å². The second-order valence-corrected chi connectivity index (χ2v) is 9.57. The molecule has 4 nitrogen and oxygen atoms in total. The second kappa shape index (κ2) is 26.8. The van der Waals surface area contributed by atoms with Crippen LogP contribution >= 0.6 is 0 Å². The maximum absolute atomic E-state index is 12.4. The molecule has 0 saturated heterocycles. The number of allylic oxidation sites excluding steroid dienone is 5. The Morgan fingerprint density at radius 2 is 1.26 bits per heavy atom. The van der Waals surface area contributed by atoms with E-state index >= 15 is 0 Å². The van der Waals surface area contributed by atoms with E-state index in [1.165, 1.54) is 57.8 Å². The van der Waals surface area contributed by atoms with Gasteiger partial charge in [0.1, 0.15) is 6.10 Å². The first-order valence-electron chi connectivity index (χ1n) is 14.5. The van der Waals surface area contributed by atoms with Crippen molar-refractivity contribution in [3.05, 3.63) is 36.5 Å². The molecule has 0 aliphatic heterocycles. The second-order valence-electron chi connectivity index (χ2n) is 9.57. The number of aliphatic carboxylic acids is 1. The third-order valence-corrected chi connectivity index (χ3v) is 6.05. The minimum atomic E-state index is -0.730. The molecule has 0 aromatic rings. The summed E-state index contributed by atoms with van der Waals surface area (Å²) >= 11 is 0. The van der Waals surface area contributed by atoms with Crippen molar-refractivity contribution >= 4 is 11.9 Å². The van der Waals surface area contributed by atoms with E-state index in [-0.39, 0.29) is 18.5 Å². The van der Waals surface area contributed by atoms with Gasteiger partial charge in [-0.05, 0) is 70.3 Å². The van der Waals surface area contributed by atoms with Crippen LogP contribution in [0, 0.1) is 0 Å². The van der Waals surface area contributed by atoms with Crippen molar-refractivity contribution in [2.24, 2.45) is 0 Å². The number of hydrogen-bond donors (Lipinski definition) is 1. The molecule has 1 unspecified atom stereocenters. The molecule has 35 heavy (non-hydrogen) atoms. The van der Waals surface area contributed by atoms with Crippen LogP contribution in [0.5, 0.6) is 0 Å². The zero-order valence-corrected chi connectivity index (χ0v) is 22.9. The Hall–Kier alpha value is -1.84. The number of carboxylic acid groups (broad SMARTS) is 1. The first-order valence-corrected chi connectivity index (χ1v) is 14.5. The lowest BCUT2D eigenvalue weighted by Crippen LogP contribution is -2.16. The molecule has 0 aliphatic rings. The highest BCUT2D eigenvalue weighted by molar-refractivity contribution is 5.69. The van der Waals surface area contributed by atoms with Crippen LogP contribution in [0.15, 0.2) is 36.5 Å². The van der Waals surface area contributed by atoms with E-state index in [2.05, 4.69) is 44.2 Å². The number of rotatable bonds is 25. The van der Waals surface area contributed by atoms with Crippen LogP contribution in [0.1, 0.15) is 142 Å². The zero-order chi connectivity index (χ0) is 25.8. The van der Waals surface area contributed by atoms with Gasteiger partial charge in [0.15, 0.2) is 0 Å². The SMILES string of the molecule is CCC/C=C\CCCCCCCC(=O)OC(/C=C\C/C=C\CCCCC)CCCCCCC(=O)O. The Morgan fingerprint density at radius 1 is 0.657 bits per heavy atom. The fraction of sp³-hybridized carbons (Fsp3) is 0.742. The van der Waals surface area contributed by atoms with Crippen LogP contribution in [-0.2, 0) is 14.3 Å². The maximum Gasteiger partial charge on any atom is 0.306 e. The molecule has 0 radical (unpaired) electrons. The van der Waals surface area contributed by atoms with Gasteiger partial charge in [-0.2, -0.15) is 0 Å². The van der Waals surface area contributed by atoms with Gasteiger partial charge in [-0.25, -0.2) is 0 Å². The number of esters is 1. The van der Waals surface area contributed by atoms with Gasteiger partial charge < -0.3 is 9.84 Å². The highest BCUT2D eigenvalue weighted by Gasteiger charge is 2.11. The molecule has 202 valence electrons. The highest BCUT2D eigenvalue weighted by Crippen LogP contribution is 2.14. The van der Waals surface area contributed by atoms with Crippen LogP contribution in [-0.4, -0.2) is 23.1 Å². The van der Waals surface area contributed by atoms with E-state index in [0.29, 0.717) is 12.8 Å². The van der Waals surface area contributed by atoms with E-state index < -0.39 is 5.97 Å². The van der Waals surface area contributed by atoms with Gasteiger partial charge >= 0.3 is 11.9 Å². The van der Waals surface area contributed by atoms with Crippen LogP contribution in [0.3, 0.4) is 0 Å². The number of carbonyl (C=O) groups is 2. The van der Waals surface area contributed by atoms with Gasteiger partial charge in [0, 0.05) is 12.8 Å². The fourth-order valence-electron chi connectivity index (χ4n) is 3.90. The lowest BCUT2D eigenvalue weighted by molar-refractivity contribution is -0.147. The van der Waals surface area contributed by atoms with Gasteiger partial charge in [-0.3, -0.25) is 9.59 Å². The zero-order valence-electron chi connectivity index (χ0n) is 22.9. The third-order valence-electron chi connectivity index (χ3n) is 6.05. The van der Waals surface area contributed by atoms with Gasteiger partial charge in [0.05, 0.1) is 0 Å². The Bertz CT molecular complexity index is 577. The summed E-state index contributed by atoms with van der Waals surface area (Å²) < 4.78 is 5.78. The van der Waals surface area contributed by atoms with Crippen molar-refractivity contribution in [1.29, 1.82) is 0 Å². The Labute approximate surface area is 216 Å². The van der Waals surface area contributed by atoms with E-state index in [4.69, 9.17) is 9.84 Å². The van der Waals surface area contributed by atoms with E-state index in [9.17, 15) is 9.59 Å². The summed E-state index contributed by atoms with van der Waals surface area (Å²) in [6.07, 6.45) is 33.0. The standard InChI is InChI=1S/C31H54O4/c1-3-5-7-9-11-13-14-16-18-24-28-31(34)35-29(26-22-19-20-23-27-30(32)33)25-21-17-15-12-10-8-6-4-2/h7,9,12,15,21,25,29H,3-6,8,10-11,13-14,16-20,22-24,26-28H2,1-2H3,(H,32,33)/b9-7-,15-12-,25-21-. The molecule has 0 heterocycles. The molecular weight excluding hydrogens is 436 g/mol. The first kappa shape index (κ1) is 33.2. The molecule has 1 N–H and O–H groups in total. The van der Waals surface area contributed by atoms with Gasteiger partial charge in [-0.1, -0.05) is 95.6 Å². The molecule has 0 amide bonds. The molecule has 0 spiro atoms. The highest BCUT2D eigenvalue weighted by atomic mass is 16.5. The molecule has 0 aromatic heterocycles. The van der Waals surface area contributed by atoms with Gasteiger partial charge in [0.25, 0.3) is 0 Å². The third kappa shape index (κ3) is 26.6. The van der Waals surface area contributed by atoms with Gasteiger partial charge in [0.2, 0.25) is 0 Å². The number of carboxylic acids is 1. The lowest BCUT2D eigenvalue weighted by atomic mass is 10.1. The normalized spacial score (nSPS) is 12.7. The molecule has 0 fully saturated rings. The van der Waals surface area contributed by atoms with Crippen LogP contribution in [0.4, 0.5) is 0 Å². The molecular formula is C31H54O4. The first-order chi connectivity index (χ1) is 17.1. The average molecular weight is 491 g/mol. The minimum absolute atomic E-state index is 0.0943. The summed E-state index contributed by atoms with van der Waals surface area (Å²) in [6.45, 7) is 4.42. The smallest absolute Gasteiger partial charge is 0.306 e. The summed E-state index contributed by atoms with van der Waals surface area (Å²) in [4.78, 5) is 23.0. The van der Waals surface area contributed by atoms with Crippen molar-refractivity contribution in [2.45, 2.75) is 148 Å². The number of ether oxygens (including phenoxy) is 1. The molecule has 1 atom stereocenters. The quantitative estimate of drug-likeness (QED) is 0.0786. The van der Waals surface area contributed by atoms with Gasteiger partial charge in [-0.15, -0.1) is 0 Å². The summed E-state index contributed by atoms with van der Waals surface area (Å²) in [7, 11) is 0. The lowest BCUT2D eigenvalue weighted by Gasteiger charge is -2.14. The Morgan fingerprint density at radius 3 is 1.97 bits per heavy atom. The van der Waals surface area contributed by atoms with Crippen LogP contribution in [0.2, 0.25) is 0 Å². The van der Waals surface area contributed by atoms with Crippen molar-refractivity contribution in [1.82, 2.24) is 0 Å². The summed E-state index contributed by atoms with van der Waals surface area (Å²) in [6, 6.07) is 0. The predicted octanol–water partition coefficient (Wildman–Crippen LogP) is 9.49. The summed E-state index contributed by atoms with van der Waals surface area (Å²) in [5, 5.41) is 8.75. The molecule has 0 saturated carbocycles. The molecule has 4 heteroatoms. The van der Waals surface area contributed by atoms with Crippen molar-refractivity contribution in [2.75, 3.05) is 0 Å². The molecule has 0 aromatic carbocycles.